The topological polar surface area (TPSA) is 72.2 Å². The Morgan fingerprint density at radius 2 is 1.84 bits per heavy atom. The molecule has 0 atom stereocenters. The van der Waals surface area contributed by atoms with Crippen molar-refractivity contribution in [2.75, 3.05) is 10.5 Å². The lowest BCUT2D eigenvalue weighted by Crippen LogP contribution is -2.15. The van der Waals surface area contributed by atoms with Gasteiger partial charge in [-0.05, 0) is 36.8 Å². The number of nitrogens with one attached hydrogen (secondary N) is 1. The average Bonchev–Trinajstić information content (AvgIpc) is 2.35. The van der Waals surface area contributed by atoms with Gasteiger partial charge in [0.15, 0.2) is 0 Å². The Bertz CT molecular complexity index is 714. The molecule has 0 radical (unpaired) electrons. The summed E-state index contributed by atoms with van der Waals surface area (Å²) in [4.78, 5) is -0.268. The highest BCUT2D eigenvalue weighted by Crippen LogP contribution is 2.23. The molecule has 0 spiro atoms. The molecule has 0 saturated carbocycles. The zero-order valence-electron chi connectivity index (χ0n) is 10.2. The van der Waals surface area contributed by atoms with E-state index in [-0.39, 0.29) is 10.6 Å². The minimum absolute atomic E-state index is 0.00230. The molecular weight excluding hydrogens is 267 g/mol. The minimum atomic E-state index is -3.90. The van der Waals surface area contributed by atoms with Gasteiger partial charge in [-0.1, -0.05) is 18.2 Å². The maximum absolute atomic E-state index is 13.1. The number of nitrogens with two attached hydrogens (primary N) is 1. The van der Waals surface area contributed by atoms with Gasteiger partial charge in [0, 0.05) is 0 Å². The Labute approximate surface area is 111 Å². The number of sulfonamides is 1. The van der Waals surface area contributed by atoms with Crippen molar-refractivity contribution < 1.29 is 12.8 Å². The fraction of sp³-hybridized carbons (Fsp3) is 0.0769. The predicted molar refractivity (Wildman–Crippen MR) is 72.8 cm³/mol. The molecule has 0 fully saturated rings. The van der Waals surface area contributed by atoms with Gasteiger partial charge in [-0.15, -0.1) is 0 Å². The summed E-state index contributed by atoms with van der Waals surface area (Å²) in [5, 5.41) is 0. The van der Waals surface area contributed by atoms with Gasteiger partial charge in [0.2, 0.25) is 0 Å². The first-order valence-corrected chi connectivity index (χ1v) is 7.02. The van der Waals surface area contributed by atoms with Crippen LogP contribution >= 0.6 is 0 Å². The molecule has 0 aliphatic heterocycles. The van der Waals surface area contributed by atoms with Crippen molar-refractivity contribution >= 4 is 21.4 Å². The van der Waals surface area contributed by atoms with Crippen molar-refractivity contribution in [2.45, 2.75) is 11.8 Å². The summed E-state index contributed by atoms with van der Waals surface area (Å²) in [7, 11) is -3.90. The van der Waals surface area contributed by atoms with E-state index in [9.17, 15) is 12.8 Å². The first-order valence-electron chi connectivity index (χ1n) is 5.53. The second-order valence-electron chi connectivity index (χ2n) is 4.10. The quantitative estimate of drug-likeness (QED) is 0.848. The Kier molecular flexibility index (Phi) is 3.44. The van der Waals surface area contributed by atoms with Crippen molar-refractivity contribution in [2.24, 2.45) is 0 Å². The second-order valence-corrected chi connectivity index (χ2v) is 5.75. The fourth-order valence-corrected chi connectivity index (χ4v) is 2.90. The molecule has 0 aliphatic rings. The van der Waals surface area contributed by atoms with E-state index in [4.69, 9.17) is 5.73 Å². The van der Waals surface area contributed by atoms with E-state index >= 15 is 0 Å². The average molecular weight is 280 g/mol. The molecule has 0 saturated heterocycles. The first kappa shape index (κ1) is 13.4. The number of benzene rings is 2. The van der Waals surface area contributed by atoms with Crippen LogP contribution in [0.25, 0.3) is 0 Å². The van der Waals surface area contributed by atoms with Crippen LogP contribution in [0.3, 0.4) is 0 Å². The van der Waals surface area contributed by atoms with Gasteiger partial charge in [-0.3, -0.25) is 4.72 Å². The molecule has 0 aliphatic carbocycles. The molecule has 0 heterocycles. The first-order chi connectivity index (χ1) is 8.90. The molecule has 4 nitrogen and oxygen atoms in total. The lowest BCUT2D eigenvalue weighted by molar-refractivity contribution is 0.596. The van der Waals surface area contributed by atoms with Crippen molar-refractivity contribution in [1.82, 2.24) is 0 Å². The van der Waals surface area contributed by atoms with E-state index in [0.29, 0.717) is 5.69 Å². The molecule has 3 N–H and O–H groups in total. The summed E-state index contributed by atoms with van der Waals surface area (Å²) in [5.74, 6) is -0.653. The SMILES string of the molecule is Cc1ccccc1NS(=O)(=O)c1cc(F)ccc1N. The van der Waals surface area contributed by atoms with Gasteiger partial charge >= 0.3 is 0 Å². The number of para-hydroxylation sites is 1. The van der Waals surface area contributed by atoms with Gasteiger partial charge in [0.1, 0.15) is 10.7 Å². The highest BCUT2D eigenvalue weighted by molar-refractivity contribution is 7.92. The predicted octanol–water partition coefficient (Wildman–Crippen LogP) is 2.52. The lowest BCUT2D eigenvalue weighted by atomic mass is 10.2. The zero-order chi connectivity index (χ0) is 14.0. The molecular formula is C13H13FN2O2S. The summed E-state index contributed by atoms with van der Waals surface area (Å²) in [6.07, 6.45) is 0. The molecule has 0 bridgehead atoms. The van der Waals surface area contributed by atoms with E-state index in [1.807, 2.05) is 0 Å². The number of hydrogen-bond donors (Lipinski definition) is 2. The van der Waals surface area contributed by atoms with Gasteiger partial charge in [0.05, 0.1) is 11.4 Å². The number of anilines is 2. The van der Waals surface area contributed by atoms with E-state index in [0.717, 1.165) is 17.7 Å². The standard InChI is InChI=1S/C13H13FN2O2S/c1-9-4-2-3-5-12(9)16-19(17,18)13-8-10(14)6-7-11(13)15/h2-8,16H,15H2,1H3. The Morgan fingerprint density at radius 3 is 2.53 bits per heavy atom. The van der Waals surface area contributed by atoms with Crippen LogP contribution in [0, 0.1) is 12.7 Å². The number of halogens is 1. The van der Waals surface area contributed by atoms with E-state index < -0.39 is 15.8 Å². The van der Waals surface area contributed by atoms with Gasteiger partial charge in [-0.25, -0.2) is 12.8 Å². The molecule has 0 aromatic heterocycles. The summed E-state index contributed by atoms with van der Waals surface area (Å²) in [6.45, 7) is 1.77. The summed E-state index contributed by atoms with van der Waals surface area (Å²) >= 11 is 0. The highest BCUT2D eigenvalue weighted by Gasteiger charge is 2.19. The smallest absolute Gasteiger partial charge is 0.264 e. The molecule has 2 aromatic rings. The molecule has 0 amide bonds. The maximum Gasteiger partial charge on any atom is 0.264 e. The van der Waals surface area contributed by atoms with E-state index in [1.54, 1.807) is 31.2 Å². The second kappa shape index (κ2) is 4.89. The third-order valence-electron chi connectivity index (χ3n) is 2.65. The maximum atomic E-state index is 13.1. The lowest BCUT2D eigenvalue weighted by Gasteiger charge is -2.12. The molecule has 19 heavy (non-hydrogen) atoms. The molecule has 100 valence electrons. The number of nitrogen functional groups attached to an aromatic ring is 1. The molecule has 2 rings (SSSR count). The van der Waals surface area contributed by atoms with Crippen LogP contribution in [0.1, 0.15) is 5.56 Å². The summed E-state index contributed by atoms with van der Waals surface area (Å²) in [6, 6.07) is 10.1. The van der Waals surface area contributed by atoms with Crippen LogP contribution < -0.4 is 10.5 Å². The van der Waals surface area contributed by atoms with Crippen molar-refractivity contribution in [3.63, 3.8) is 0 Å². The van der Waals surface area contributed by atoms with Crippen molar-refractivity contribution in [3.8, 4) is 0 Å². The normalized spacial score (nSPS) is 11.3. The highest BCUT2D eigenvalue weighted by atomic mass is 32.2. The number of rotatable bonds is 3. The van der Waals surface area contributed by atoms with Crippen LogP contribution in [0.4, 0.5) is 15.8 Å². The number of aryl methyl sites for hydroxylation is 1. The molecule has 2 aromatic carbocycles. The zero-order valence-corrected chi connectivity index (χ0v) is 11.0. The van der Waals surface area contributed by atoms with E-state index in [1.165, 1.54) is 6.07 Å². The van der Waals surface area contributed by atoms with Crippen LogP contribution in [0.5, 0.6) is 0 Å². The Hall–Kier alpha value is -2.08. The van der Waals surface area contributed by atoms with Crippen LogP contribution in [0.15, 0.2) is 47.4 Å². The Morgan fingerprint density at radius 1 is 1.16 bits per heavy atom. The van der Waals surface area contributed by atoms with Gasteiger partial charge in [0.25, 0.3) is 10.0 Å². The largest absolute Gasteiger partial charge is 0.398 e. The van der Waals surface area contributed by atoms with Crippen LogP contribution in [0.2, 0.25) is 0 Å². The summed E-state index contributed by atoms with van der Waals surface area (Å²) < 4.78 is 39.9. The van der Waals surface area contributed by atoms with Crippen molar-refractivity contribution in [3.05, 3.63) is 53.8 Å². The number of hydrogen-bond acceptors (Lipinski definition) is 3. The van der Waals surface area contributed by atoms with E-state index in [2.05, 4.69) is 4.72 Å². The minimum Gasteiger partial charge on any atom is -0.398 e. The molecule has 6 heteroatoms. The van der Waals surface area contributed by atoms with Gasteiger partial charge in [-0.2, -0.15) is 0 Å². The molecule has 0 unspecified atom stereocenters. The van der Waals surface area contributed by atoms with Crippen molar-refractivity contribution in [1.29, 1.82) is 0 Å². The fourth-order valence-electron chi connectivity index (χ4n) is 1.63. The third-order valence-corrected chi connectivity index (χ3v) is 4.08. The van der Waals surface area contributed by atoms with Gasteiger partial charge < -0.3 is 5.73 Å². The van der Waals surface area contributed by atoms with Crippen LogP contribution in [-0.2, 0) is 10.0 Å². The summed E-state index contributed by atoms with van der Waals surface area (Å²) in [5.41, 5.74) is 6.78. The van der Waals surface area contributed by atoms with Crippen LogP contribution in [-0.4, -0.2) is 8.42 Å². The Balaban J connectivity index is 2.44. The monoisotopic (exact) mass is 280 g/mol. The third kappa shape index (κ3) is 2.85.